The van der Waals surface area contributed by atoms with E-state index in [0.29, 0.717) is 28.0 Å². The van der Waals surface area contributed by atoms with Crippen molar-refractivity contribution in [3.05, 3.63) is 66.1 Å². The van der Waals surface area contributed by atoms with Crippen molar-refractivity contribution >= 4 is 21.8 Å². The summed E-state index contributed by atoms with van der Waals surface area (Å²) in [5, 5.41) is -0.0594. The van der Waals surface area contributed by atoms with Gasteiger partial charge in [0.1, 0.15) is 5.75 Å². The highest BCUT2D eigenvalue weighted by Gasteiger charge is 2.15. The number of aromatic amines is 1. The fourth-order valence-electron chi connectivity index (χ4n) is 2.48. The highest BCUT2D eigenvalue weighted by Crippen LogP contribution is 2.22. The van der Waals surface area contributed by atoms with Crippen LogP contribution >= 0.6 is 0 Å². The van der Waals surface area contributed by atoms with Gasteiger partial charge in [0, 0.05) is 29.8 Å². The first-order valence-electron chi connectivity index (χ1n) is 11.1. The first-order valence-corrected chi connectivity index (χ1v) is 8.94. The Bertz CT molecular complexity index is 1430. The Morgan fingerprint density at radius 1 is 1.38 bits per heavy atom. The molecule has 1 atom stereocenters. The second-order valence-corrected chi connectivity index (χ2v) is 6.78. The van der Waals surface area contributed by atoms with Crippen LogP contribution in [0, 0.1) is 6.92 Å². The highest BCUT2D eigenvalue weighted by molar-refractivity contribution is 7.84. The molecule has 0 spiro atoms. The van der Waals surface area contributed by atoms with E-state index in [4.69, 9.17) is 14.4 Å². The number of ether oxygens (including phenoxy) is 1. The SMILES string of the molecule is [2H]c1nc(CS(=O)c2nc3cc(-n4c([2H])c([2H])c([2H])c4[2H])ccc3n2[2H])c(C)c(OC)c1[2H]. The van der Waals surface area contributed by atoms with Gasteiger partial charge in [0.05, 0.1) is 48.6 Å². The van der Waals surface area contributed by atoms with Crippen LogP contribution in [0.15, 0.2) is 60.0 Å². The van der Waals surface area contributed by atoms with Crippen LogP contribution in [0.1, 0.15) is 19.5 Å². The normalized spacial score (nSPS) is 16.2. The van der Waals surface area contributed by atoms with E-state index in [1.807, 2.05) is 0 Å². The summed E-state index contributed by atoms with van der Waals surface area (Å²) in [5.41, 5.74) is 1.75. The van der Waals surface area contributed by atoms with Crippen LogP contribution < -0.4 is 4.74 Å². The summed E-state index contributed by atoms with van der Waals surface area (Å²) < 4.78 is 74.9. The van der Waals surface area contributed by atoms with Crippen molar-refractivity contribution in [2.24, 2.45) is 0 Å². The van der Waals surface area contributed by atoms with Gasteiger partial charge in [0.15, 0.2) is 6.57 Å². The Labute approximate surface area is 163 Å². The van der Waals surface area contributed by atoms with Crippen molar-refractivity contribution in [2.45, 2.75) is 17.8 Å². The average molecular weight is 373 g/mol. The number of hydrogen-bond acceptors (Lipinski definition) is 4. The number of rotatable bonds is 5. The summed E-state index contributed by atoms with van der Waals surface area (Å²) in [7, 11) is -0.434. The molecule has 132 valence electrons. The third-order valence-electron chi connectivity index (χ3n) is 3.86. The van der Waals surface area contributed by atoms with Crippen LogP contribution in [0.4, 0.5) is 0 Å². The van der Waals surface area contributed by atoms with E-state index < -0.39 is 10.8 Å². The summed E-state index contributed by atoms with van der Waals surface area (Å²) in [5.74, 6) is 0.0387. The lowest BCUT2D eigenvalue weighted by molar-refractivity contribution is 0.410. The van der Waals surface area contributed by atoms with Gasteiger partial charge < -0.3 is 14.3 Å². The maximum Gasteiger partial charge on any atom is 0.197 e. The molecule has 0 aliphatic carbocycles. The van der Waals surface area contributed by atoms with E-state index in [0.717, 1.165) is 9.54 Å². The number of methoxy groups -OCH3 is 1. The van der Waals surface area contributed by atoms with E-state index in [-0.39, 0.29) is 53.3 Å². The predicted octanol–water partition coefficient (Wildman–Crippen LogP) is 3.37. The first-order chi connectivity index (χ1) is 15.6. The number of nitrogens with zero attached hydrogens (tertiary/aromatic N) is 3. The molecule has 3 heterocycles. The van der Waals surface area contributed by atoms with E-state index in [1.54, 1.807) is 6.92 Å². The predicted molar refractivity (Wildman–Crippen MR) is 101 cm³/mol. The molecule has 1 aromatic carbocycles. The molecule has 4 aromatic rings. The van der Waals surface area contributed by atoms with Crippen molar-refractivity contribution < 1.29 is 18.6 Å². The Hall–Kier alpha value is -2.93. The maximum atomic E-state index is 13.1. The average Bonchev–Trinajstić information content (AvgIpc) is 3.21. The van der Waals surface area contributed by atoms with Gasteiger partial charge in [-0.1, -0.05) is 0 Å². The lowest BCUT2D eigenvalue weighted by atomic mass is 10.2. The molecule has 7 heteroatoms. The van der Waals surface area contributed by atoms with Crippen molar-refractivity contribution in [3.63, 3.8) is 0 Å². The van der Waals surface area contributed by atoms with Gasteiger partial charge in [-0.25, -0.2) is 4.98 Å². The smallest absolute Gasteiger partial charge is 0.197 e. The Kier molecular flexibility index (Phi) is 2.67. The zero-order chi connectivity index (χ0) is 24.2. The summed E-state index contributed by atoms with van der Waals surface area (Å²) >= 11 is 0. The molecule has 1 N–H and O–H groups in total. The standard InChI is InChI=1S/C19H18N4O2S/c1-13-17(20-8-7-18(13)25-2)12-26(24)19-21-15-6-5-14(11-16(15)22-19)23-9-3-4-10-23/h3-11H,12H2,1-2H3,(H,21,22)/i3D,4D,7D,8D,9D,10D/hD. The molecular formula is C19H18N4O2S. The minimum Gasteiger partial charge on any atom is -0.496 e. The second-order valence-electron chi connectivity index (χ2n) is 5.43. The lowest BCUT2D eigenvalue weighted by Gasteiger charge is -2.08. The van der Waals surface area contributed by atoms with Crippen LogP contribution in [0.3, 0.4) is 0 Å². The number of benzene rings is 1. The molecule has 0 amide bonds. The zero-order valence-electron chi connectivity index (χ0n) is 21.0. The molecule has 0 aliphatic rings. The van der Waals surface area contributed by atoms with Gasteiger partial charge in [-0.3, -0.25) is 9.19 Å². The van der Waals surface area contributed by atoms with Crippen molar-refractivity contribution in [2.75, 3.05) is 7.11 Å². The Balaban J connectivity index is 1.75. The van der Waals surface area contributed by atoms with Gasteiger partial charge in [0.25, 0.3) is 0 Å². The van der Waals surface area contributed by atoms with Crippen molar-refractivity contribution in [1.29, 1.82) is 0 Å². The van der Waals surface area contributed by atoms with Gasteiger partial charge in [-0.2, -0.15) is 0 Å². The molecule has 0 radical (unpaired) electrons. The molecule has 0 fully saturated rings. The van der Waals surface area contributed by atoms with E-state index >= 15 is 0 Å². The third kappa shape index (κ3) is 3.01. The van der Waals surface area contributed by atoms with Crippen LogP contribution in [-0.4, -0.2) is 30.8 Å². The van der Waals surface area contributed by atoms with Crippen LogP contribution in [-0.2, 0) is 16.6 Å². The van der Waals surface area contributed by atoms with E-state index in [9.17, 15) is 4.21 Å². The number of aromatic nitrogens is 4. The molecule has 26 heavy (non-hydrogen) atoms. The third-order valence-corrected chi connectivity index (χ3v) is 4.98. The lowest BCUT2D eigenvalue weighted by Crippen LogP contribution is -2.03. The van der Waals surface area contributed by atoms with Gasteiger partial charge in [-0.15, -0.1) is 0 Å². The van der Waals surface area contributed by atoms with E-state index in [2.05, 4.69) is 9.97 Å². The van der Waals surface area contributed by atoms with E-state index in [1.165, 1.54) is 25.3 Å². The summed E-state index contributed by atoms with van der Waals surface area (Å²) in [6.07, 6.45) is -0.920. The molecule has 6 nitrogen and oxygen atoms in total. The fraction of sp³-hybridized carbons (Fsp3) is 0.158. The van der Waals surface area contributed by atoms with Crippen LogP contribution in [0.2, 0.25) is 1.41 Å². The molecular weight excluding hydrogens is 348 g/mol. The summed E-state index contributed by atoms with van der Waals surface area (Å²) in [4.78, 5) is 9.26. The van der Waals surface area contributed by atoms with Gasteiger partial charge >= 0.3 is 0 Å². The largest absolute Gasteiger partial charge is 0.496 e. The molecule has 0 saturated carbocycles. The molecule has 3 aromatic heterocycles. The monoisotopic (exact) mass is 373 g/mol. The van der Waals surface area contributed by atoms with Gasteiger partial charge in [-0.05, 0) is 43.3 Å². The number of nitrogens with one attached hydrogen (secondary N) is 1. The quantitative estimate of drug-likeness (QED) is 0.582. The Morgan fingerprint density at radius 3 is 2.96 bits per heavy atom. The fourth-order valence-corrected chi connectivity index (χ4v) is 3.54. The molecule has 0 aliphatic heterocycles. The Morgan fingerprint density at radius 2 is 2.19 bits per heavy atom. The number of pyridine rings is 1. The van der Waals surface area contributed by atoms with Gasteiger partial charge in [0.2, 0.25) is 0 Å². The number of fused-ring (bicyclic) bond motifs is 1. The maximum absolute atomic E-state index is 13.1. The minimum atomic E-state index is -1.81. The molecule has 1 unspecified atom stereocenters. The first kappa shape index (κ1) is 10.3. The van der Waals surface area contributed by atoms with Crippen LogP contribution in [0.25, 0.3) is 16.7 Å². The molecule has 0 saturated heterocycles. The zero-order valence-corrected chi connectivity index (χ0v) is 14.8. The molecule has 4 rings (SSSR count). The summed E-state index contributed by atoms with van der Waals surface area (Å²) in [6.45, 7) is 1.65. The van der Waals surface area contributed by atoms with Crippen LogP contribution in [0.5, 0.6) is 5.75 Å². The topological polar surface area (TPSA) is 72.8 Å². The highest BCUT2D eigenvalue weighted by atomic mass is 32.2. The summed E-state index contributed by atoms with van der Waals surface area (Å²) in [6, 6.07) is 3.67. The van der Waals surface area contributed by atoms with Crippen molar-refractivity contribution in [1.82, 2.24) is 19.5 Å². The number of hydrogen-bond donors (Lipinski definition) is 1. The van der Waals surface area contributed by atoms with Crippen molar-refractivity contribution in [3.8, 4) is 11.4 Å². The molecule has 0 bridgehead atoms. The number of imidazole rings is 1. The number of H-pyrrole nitrogens is 1. The second kappa shape index (κ2) is 6.76. The minimum absolute atomic E-state index is 0.0594.